The number of halogens is 1. The summed E-state index contributed by atoms with van der Waals surface area (Å²) in [6, 6.07) is 10.2. The number of nitro groups is 1. The first-order valence-electron chi connectivity index (χ1n) is 8.90. The van der Waals surface area contributed by atoms with Crippen LogP contribution in [0.25, 0.3) is 0 Å². The van der Waals surface area contributed by atoms with E-state index in [0.717, 1.165) is 6.07 Å². The zero-order valence-electron chi connectivity index (χ0n) is 15.9. The molecule has 0 fully saturated rings. The molecule has 3 aromatic rings. The van der Waals surface area contributed by atoms with Crippen molar-refractivity contribution in [3.8, 4) is 0 Å². The Morgan fingerprint density at radius 2 is 1.97 bits per heavy atom. The molecule has 2 N–H and O–H groups in total. The molecule has 154 valence electrons. The number of hydrogen-bond donors (Lipinski definition) is 2. The quantitative estimate of drug-likeness (QED) is 0.456. The van der Waals surface area contributed by atoms with E-state index >= 15 is 0 Å². The smallest absolute Gasteiger partial charge is 0.270 e. The average Bonchev–Trinajstić information content (AvgIpc) is 3.16. The summed E-state index contributed by atoms with van der Waals surface area (Å²) in [6.07, 6.45) is 3.28. The van der Waals surface area contributed by atoms with Crippen molar-refractivity contribution in [2.45, 2.75) is 6.04 Å². The molecule has 0 bridgehead atoms. The fraction of sp³-hybridized carbons (Fsp3) is 0.150. The molecule has 0 aliphatic rings. The van der Waals surface area contributed by atoms with E-state index < -0.39 is 28.6 Å². The molecule has 0 saturated carbocycles. The number of aromatic nitrogens is 2. The van der Waals surface area contributed by atoms with E-state index in [1.165, 1.54) is 42.5 Å². The van der Waals surface area contributed by atoms with Gasteiger partial charge in [-0.15, -0.1) is 0 Å². The normalized spacial score (nSPS) is 11.5. The van der Waals surface area contributed by atoms with Crippen molar-refractivity contribution in [3.05, 3.63) is 93.8 Å². The number of nitro benzene ring substituents is 1. The lowest BCUT2D eigenvalue weighted by Gasteiger charge is -2.19. The number of non-ortho nitro benzene ring substituents is 1. The molecular weight excluding hydrogens is 393 g/mol. The van der Waals surface area contributed by atoms with Gasteiger partial charge < -0.3 is 15.2 Å². The Balaban J connectivity index is 1.70. The molecule has 0 saturated heterocycles. The highest BCUT2D eigenvalue weighted by atomic mass is 19.1. The maximum absolute atomic E-state index is 13.3. The number of aryl methyl sites for hydroxylation is 1. The number of benzene rings is 2. The molecule has 0 aliphatic carbocycles. The molecular formula is C20H18FN5O4. The van der Waals surface area contributed by atoms with Crippen LogP contribution in [-0.2, 0) is 11.8 Å². The molecule has 10 heteroatoms. The summed E-state index contributed by atoms with van der Waals surface area (Å²) in [5, 5.41) is 16.0. The second-order valence-electron chi connectivity index (χ2n) is 6.44. The van der Waals surface area contributed by atoms with Gasteiger partial charge >= 0.3 is 0 Å². The van der Waals surface area contributed by atoms with Gasteiger partial charge in [-0.3, -0.25) is 19.7 Å². The van der Waals surface area contributed by atoms with E-state index in [-0.39, 0.29) is 17.8 Å². The zero-order chi connectivity index (χ0) is 21.7. The third kappa shape index (κ3) is 4.85. The van der Waals surface area contributed by atoms with Gasteiger partial charge in [0, 0.05) is 37.1 Å². The highest BCUT2D eigenvalue weighted by Gasteiger charge is 2.21. The van der Waals surface area contributed by atoms with Crippen molar-refractivity contribution in [3.63, 3.8) is 0 Å². The standard InChI is InChI=1S/C20H18FN5O4/c1-25-10-9-22-19(25)18(13-5-7-15(21)8-6-13)24-17(27)12-23-20(28)14-3-2-4-16(11-14)26(29)30/h2-11,18H,12H2,1H3,(H,23,28)(H,24,27)/t18-/m0/s1. The van der Waals surface area contributed by atoms with E-state index in [0.29, 0.717) is 11.4 Å². The highest BCUT2D eigenvalue weighted by Crippen LogP contribution is 2.20. The summed E-state index contributed by atoms with van der Waals surface area (Å²) in [5.41, 5.74) is 0.457. The van der Waals surface area contributed by atoms with Crippen molar-refractivity contribution in [2.75, 3.05) is 6.54 Å². The first-order chi connectivity index (χ1) is 14.3. The molecule has 1 heterocycles. The summed E-state index contributed by atoms with van der Waals surface area (Å²) < 4.78 is 15.0. The Hall–Kier alpha value is -4.08. The van der Waals surface area contributed by atoms with Gasteiger partial charge in [-0.2, -0.15) is 0 Å². The molecule has 30 heavy (non-hydrogen) atoms. The molecule has 0 unspecified atom stereocenters. The lowest BCUT2D eigenvalue weighted by Crippen LogP contribution is -2.39. The summed E-state index contributed by atoms with van der Waals surface area (Å²) in [6.45, 7) is -0.357. The van der Waals surface area contributed by atoms with E-state index in [2.05, 4.69) is 15.6 Å². The molecule has 2 amide bonds. The largest absolute Gasteiger partial charge is 0.343 e. The number of hydrogen-bond acceptors (Lipinski definition) is 5. The Morgan fingerprint density at radius 3 is 2.60 bits per heavy atom. The Kier molecular flexibility index (Phi) is 6.16. The lowest BCUT2D eigenvalue weighted by molar-refractivity contribution is -0.384. The van der Waals surface area contributed by atoms with E-state index in [1.54, 1.807) is 24.0 Å². The molecule has 0 radical (unpaired) electrons. The van der Waals surface area contributed by atoms with Crippen LogP contribution in [0.5, 0.6) is 0 Å². The first kappa shape index (κ1) is 20.6. The topological polar surface area (TPSA) is 119 Å². The average molecular weight is 411 g/mol. The zero-order valence-corrected chi connectivity index (χ0v) is 15.9. The predicted octanol–water partition coefficient (Wildman–Crippen LogP) is 2.10. The minimum Gasteiger partial charge on any atom is -0.343 e. The van der Waals surface area contributed by atoms with Crippen molar-refractivity contribution in [1.82, 2.24) is 20.2 Å². The van der Waals surface area contributed by atoms with Crippen LogP contribution in [0, 0.1) is 15.9 Å². The van der Waals surface area contributed by atoms with Gasteiger partial charge in [0.15, 0.2) is 0 Å². The van der Waals surface area contributed by atoms with Gasteiger partial charge in [-0.05, 0) is 23.8 Å². The second-order valence-corrected chi connectivity index (χ2v) is 6.44. The Labute approximate surface area is 170 Å². The van der Waals surface area contributed by atoms with Crippen LogP contribution in [0.2, 0.25) is 0 Å². The van der Waals surface area contributed by atoms with E-state index in [9.17, 15) is 24.1 Å². The Bertz CT molecular complexity index is 1080. The molecule has 1 aromatic heterocycles. The van der Waals surface area contributed by atoms with E-state index in [4.69, 9.17) is 0 Å². The van der Waals surface area contributed by atoms with Crippen LogP contribution in [0.4, 0.5) is 10.1 Å². The third-order valence-electron chi connectivity index (χ3n) is 4.35. The van der Waals surface area contributed by atoms with Crippen LogP contribution >= 0.6 is 0 Å². The molecule has 9 nitrogen and oxygen atoms in total. The van der Waals surface area contributed by atoms with Crippen molar-refractivity contribution >= 4 is 17.5 Å². The van der Waals surface area contributed by atoms with Gasteiger partial charge in [0.25, 0.3) is 11.6 Å². The van der Waals surface area contributed by atoms with Crippen LogP contribution < -0.4 is 10.6 Å². The number of nitrogens with one attached hydrogen (secondary N) is 2. The third-order valence-corrected chi connectivity index (χ3v) is 4.35. The number of carbonyl (C=O) groups excluding carboxylic acids is 2. The number of rotatable bonds is 7. The molecule has 1 atom stereocenters. The van der Waals surface area contributed by atoms with Crippen molar-refractivity contribution < 1.29 is 18.9 Å². The summed E-state index contributed by atoms with van der Waals surface area (Å²) in [7, 11) is 1.76. The Morgan fingerprint density at radius 1 is 1.23 bits per heavy atom. The second kappa shape index (κ2) is 8.95. The minimum absolute atomic E-state index is 0.0659. The number of carbonyl (C=O) groups is 2. The van der Waals surface area contributed by atoms with Crippen molar-refractivity contribution in [2.24, 2.45) is 7.05 Å². The monoisotopic (exact) mass is 411 g/mol. The first-order valence-corrected chi connectivity index (χ1v) is 8.90. The maximum Gasteiger partial charge on any atom is 0.270 e. The minimum atomic E-state index is -0.659. The van der Waals surface area contributed by atoms with Crippen LogP contribution in [0.15, 0.2) is 60.9 Å². The summed E-state index contributed by atoms with van der Waals surface area (Å²) in [5.74, 6) is -1.01. The van der Waals surface area contributed by atoms with Crippen LogP contribution in [-0.4, -0.2) is 32.8 Å². The summed E-state index contributed by atoms with van der Waals surface area (Å²) >= 11 is 0. The highest BCUT2D eigenvalue weighted by molar-refractivity contribution is 5.97. The van der Waals surface area contributed by atoms with Gasteiger partial charge in [-0.1, -0.05) is 18.2 Å². The molecule has 3 rings (SSSR count). The lowest BCUT2D eigenvalue weighted by atomic mass is 10.1. The van der Waals surface area contributed by atoms with Crippen LogP contribution in [0.3, 0.4) is 0 Å². The van der Waals surface area contributed by atoms with E-state index in [1.807, 2.05) is 0 Å². The van der Waals surface area contributed by atoms with Gasteiger partial charge in [-0.25, -0.2) is 9.37 Å². The van der Waals surface area contributed by atoms with Gasteiger partial charge in [0.2, 0.25) is 5.91 Å². The maximum atomic E-state index is 13.3. The fourth-order valence-corrected chi connectivity index (χ4v) is 2.84. The SMILES string of the molecule is Cn1ccnc1[C@@H](NC(=O)CNC(=O)c1cccc([N+](=O)[O-])c1)c1ccc(F)cc1. The molecule has 0 aliphatic heterocycles. The number of amides is 2. The van der Waals surface area contributed by atoms with Gasteiger partial charge in [0.05, 0.1) is 11.5 Å². The van der Waals surface area contributed by atoms with Crippen LogP contribution in [0.1, 0.15) is 27.8 Å². The number of imidazole rings is 1. The van der Waals surface area contributed by atoms with Gasteiger partial charge in [0.1, 0.15) is 17.7 Å². The fourth-order valence-electron chi connectivity index (χ4n) is 2.84. The molecule has 0 spiro atoms. The summed E-state index contributed by atoms with van der Waals surface area (Å²) in [4.78, 5) is 39.2. The number of nitrogens with zero attached hydrogens (tertiary/aromatic N) is 3. The predicted molar refractivity (Wildman–Crippen MR) is 105 cm³/mol. The van der Waals surface area contributed by atoms with Crippen molar-refractivity contribution in [1.29, 1.82) is 0 Å². The molecule has 2 aromatic carbocycles.